The van der Waals surface area contributed by atoms with E-state index in [2.05, 4.69) is 48.9 Å². The molecule has 0 aliphatic rings. The van der Waals surface area contributed by atoms with Crippen LogP contribution in [-0.2, 0) is 5.41 Å². The first-order valence-corrected chi connectivity index (χ1v) is 7.69. The highest BCUT2D eigenvalue weighted by atomic mass is 15.3. The third-order valence-electron chi connectivity index (χ3n) is 3.70. The van der Waals surface area contributed by atoms with Crippen LogP contribution in [0.3, 0.4) is 0 Å². The largest absolute Gasteiger partial charge is 0.358 e. The average Bonchev–Trinajstić information content (AvgIpc) is 2.87. The summed E-state index contributed by atoms with van der Waals surface area (Å²) in [7, 11) is 2.09. The van der Waals surface area contributed by atoms with E-state index in [1.807, 2.05) is 16.9 Å². The maximum Gasteiger partial charge on any atom is 0.154 e. The van der Waals surface area contributed by atoms with E-state index in [-0.39, 0.29) is 5.41 Å². The summed E-state index contributed by atoms with van der Waals surface area (Å²) < 4.78 is 1.93. The Labute approximate surface area is 127 Å². The Morgan fingerprint density at radius 2 is 2.00 bits per heavy atom. The number of aromatic nitrogens is 3. The van der Waals surface area contributed by atoms with Gasteiger partial charge in [0, 0.05) is 31.4 Å². The van der Waals surface area contributed by atoms with Crippen LogP contribution in [0.15, 0.2) is 18.5 Å². The van der Waals surface area contributed by atoms with Crippen LogP contribution in [0.2, 0.25) is 0 Å². The molecule has 2 N–H and O–H groups in total. The van der Waals surface area contributed by atoms with Gasteiger partial charge in [0.2, 0.25) is 0 Å². The molecule has 21 heavy (non-hydrogen) atoms. The molecule has 0 fully saturated rings. The van der Waals surface area contributed by atoms with Crippen molar-refractivity contribution in [1.29, 1.82) is 0 Å². The predicted octanol–water partition coefficient (Wildman–Crippen LogP) is 2.59. The molecule has 2 rings (SSSR count). The number of hydrogen-bond acceptors (Lipinski definition) is 4. The lowest BCUT2D eigenvalue weighted by atomic mass is 9.92. The van der Waals surface area contributed by atoms with Crippen molar-refractivity contribution in [2.75, 3.05) is 25.0 Å². The van der Waals surface area contributed by atoms with Crippen molar-refractivity contribution in [3.63, 3.8) is 0 Å². The monoisotopic (exact) mass is 289 g/mol. The van der Waals surface area contributed by atoms with Gasteiger partial charge in [0.15, 0.2) is 5.82 Å². The molecule has 2 aromatic heterocycles. The van der Waals surface area contributed by atoms with Crippen LogP contribution in [0, 0.1) is 0 Å². The lowest BCUT2D eigenvalue weighted by Crippen LogP contribution is -2.20. The Bertz CT molecular complexity index is 582. The number of anilines is 1. The van der Waals surface area contributed by atoms with Crippen molar-refractivity contribution < 1.29 is 0 Å². The minimum Gasteiger partial charge on any atom is -0.358 e. The first-order chi connectivity index (χ1) is 9.93. The van der Waals surface area contributed by atoms with Crippen LogP contribution in [0.1, 0.15) is 45.7 Å². The molecule has 0 spiro atoms. The van der Waals surface area contributed by atoms with Gasteiger partial charge in [-0.05, 0) is 25.5 Å². The van der Waals surface area contributed by atoms with Gasteiger partial charge >= 0.3 is 0 Å². The second kappa shape index (κ2) is 6.43. The number of nitrogens with two attached hydrogens (primary N) is 1. The molecule has 0 bridgehead atoms. The maximum absolute atomic E-state index is 5.54. The molecule has 0 saturated heterocycles. The minimum atomic E-state index is 0.0446. The topological polar surface area (TPSA) is 59.5 Å². The fraction of sp³-hybridized carbons (Fsp3) is 0.625. The second-order valence-corrected chi connectivity index (χ2v) is 6.63. The minimum absolute atomic E-state index is 0.0446. The van der Waals surface area contributed by atoms with Gasteiger partial charge in [-0.2, -0.15) is 5.10 Å². The van der Waals surface area contributed by atoms with Crippen LogP contribution in [0.4, 0.5) is 5.82 Å². The Morgan fingerprint density at radius 3 is 2.67 bits per heavy atom. The summed E-state index contributed by atoms with van der Waals surface area (Å²) in [5.41, 5.74) is 7.75. The molecule has 2 aromatic rings. The summed E-state index contributed by atoms with van der Waals surface area (Å²) in [6, 6.07) is 2.15. The van der Waals surface area contributed by atoms with E-state index in [0.717, 1.165) is 49.4 Å². The van der Waals surface area contributed by atoms with Crippen molar-refractivity contribution in [1.82, 2.24) is 14.6 Å². The SMILES string of the molecule is CN(CCCCCN)c1nccn2nc(C(C)(C)C)cc12. The van der Waals surface area contributed by atoms with Gasteiger partial charge in [-0.15, -0.1) is 0 Å². The smallest absolute Gasteiger partial charge is 0.154 e. The van der Waals surface area contributed by atoms with Crippen molar-refractivity contribution in [3.05, 3.63) is 24.2 Å². The molecular weight excluding hydrogens is 262 g/mol. The Kier molecular flexibility index (Phi) is 4.83. The van der Waals surface area contributed by atoms with Gasteiger partial charge in [-0.1, -0.05) is 27.2 Å². The zero-order valence-corrected chi connectivity index (χ0v) is 13.6. The molecule has 0 aromatic carbocycles. The molecule has 0 saturated carbocycles. The van der Waals surface area contributed by atoms with E-state index in [4.69, 9.17) is 5.73 Å². The number of nitrogens with zero attached hydrogens (tertiary/aromatic N) is 4. The van der Waals surface area contributed by atoms with Gasteiger partial charge in [0.05, 0.1) is 5.69 Å². The number of hydrogen-bond donors (Lipinski definition) is 1. The summed E-state index contributed by atoms with van der Waals surface area (Å²) in [4.78, 5) is 6.75. The van der Waals surface area contributed by atoms with E-state index in [1.165, 1.54) is 0 Å². The van der Waals surface area contributed by atoms with E-state index >= 15 is 0 Å². The zero-order chi connectivity index (χ0) is 15.5. The van der Waals surface area contributed by atoms with Gasteiger partial charge in [-0.25, -0.2) is 9.50 Å². The lowest BCUT2D eigenvalue weighted by Gasteiger charge is -2.18. The molecular formula is C16H27N5. The Morgan fingerprint density at radius 1 is 1.24 bits per heavy atom. The number of fused-ring (bicyclic) bond motifs is 1. The van der Waals surface area contributed by atoms with Crippen molar-refractivity contribution in [2.24, 2.45) is 5.73 Å². The van der Waals surface area contributed by atoms with Gasteiger partial charge in [-0.3, -0.25) is 0 Å². The number of unbranched alkanes of at least 4 members (excludes halogenated alkanes) is 2. The predicted molar refractivity (Wildman–Crippen MR) is 87.9 cm³/mol. The van der Waals surface area contributed by atoms with Gasteiger partial charge < -0.3 is 10.6 Å². The Hall–Kier alpha value is -1.62. The highest BCUT2D eigenvalue weighted by molar-refractivity contribution is 5.69. The fourth-order valence-corrected chi connectivity index (χ4v) is 2.34. The summed E-state index contributed by atoms with van der Waals surface area (Å²) in [6.07, 6.45) is 7.12. The third kappa shape index (κ3) is 3.73. The van der Waals surface area contributed by atoms with E-state index < -0.39 is 0 Å². The van der Waals surface area contributed by atoms with Crippen LogP contribution in [0.25, 0.3) is 5.52 Å². The van der Waals surface area contributed by atoms with Crippen molar-refractivity contribution in [3.8, 4) is 0 Å². The molecule has 0 amide bonds. The standard InChI is InChI=1S/C16H27N5/c1-16(2,3)14-12-13-15(18-9-11-21(13)19-14)20(4)10-7-5-6-8-17/h9,11-12H,5-8,10,17H2,1-4H3. The van der Waals surface area contributed by atoms with Gasteiger partial charge in [0.25, 0.3) is 0 Å². The van der Waals surface area contributed by atoms with Crippen molar-refractivity contribution in [2.45, 2.75) is 45.4 Å². The van der Waals surface area contributed by atoms with E-state index in [0.29, 0.717) is 0 Å². The molecule has 5 nitrogen and oxygen atoms in total. The molecule has 5 heteroatoms. The molecule has 0 aliphatic carbocycles. The highest BCUT2D eigenvalue weighted by Gasteiger charge is 2.19. The normalized spacial score (nSPS) is 12.0. The summed E-state index contributed by atoms with van der Waals surface area (Å²) in [5.74, 6) is 0.994. The third-order valence-corrected chi connectivity index (χ3v) is 3.70. The average molecular weight is 289 g/mol. The molecule has 116 valence electrons. The van der Waals surface area contributed by atoms with Crippen LogP contribution >= 0.6 is 0 Å². The van der Waals surface area contributed by atoms with Crippen molar-refractivity contribution >= 4 is 11.3 Å². The molecule has 0 atom stereocenters. The number of rotatable bonds is 6. The highest BCUT2D eigenvalue weighted by Crippen LogP contribution is 2.25. The van der Waals surface area contributed by atoms with Gasteiger partial charge in [0.1, 0.15) is 5.52 Å². The van der Waals surface area contributed by atoms with E-state index in [9.17, 15) is 0 Å². The van der Waals surface area contributed by atoms with Crippen LogP contribution in [0.5, 0.6) is 0 Å². The summed E-state index contributed by atoms with van der Waals surface area (Å²) in [6.45, 7) is 8.30. The molecule has 0 radical (unpaired) electrons. The summed E-state index contributed by atoms with van der Waals surface area (Å²) >= 11 is 0. The Balaban J connectivity index is 2.21. The lowest BCUT2D eigenvalue weighted by molar-refractivity contribution is 0.562. The first kappa shape index (κ1) is 15.8. The molecule has 2 heterocycles. The summed E-state index contributed by atoms with van der Waals surface area (Å²) in [5, 5.41) is 4.67. The fourth-order valence-electron chi connectivity index (χ4n) is 2.34. The van der Waals surface area contributed by atoms with Crippen LogP contribution in [-0.4, -0.2) is 34.7 Å². The first-order valence-electron chi connectivity index (χ1n) is 7.69. The van der Waals surface area contributed by atoms with E-state index in [1.54, 1.807) is 0 Å². The van der Waals surface area contributed by atoms with Crippen LogP contribution < -0.4 is 10.6 Å². The molecule has 0 aliphatic heterocycles. The zero-order valence-electron chi connectivity index (χ0n) is 13.6. The quantitative estimate of drug-likeness (QED) is 0.830. The maximum atomic E-state index is 5.54. The second-order valence-electron chi connectivity index (χ2n) is 6.63. The molecule has 0 unspecified atom stereocenters.